The van der Waals surface area contributed by atoms with Crippen molar-refractivity contribution in [2.45, 2.75) is 19.8 Å². The molecule has 0 spiro atoms. The number of carbonyl (C=O) groups is 1. The number of pyridine rings is 1. The Hall–Kier alpha value is -3.93. The van der Waals surface area contributed by atoms with E-state index >= 15 is 0 Å². The largest absolute Gasteiger partial charge is 0.356 e. The summed E-state index contributed by atoms with van der Waals surface area (Å²) >= 11 is 0. The molecule has 2 heterocycles. The van der Waals surface area contributed by atoms with Gasteiger partial charge in [-0.05, 0) is 54.4 Å². The molecule has 1 amide bonds. The van der Waals surface area contributed by atoms with Crippen LogP contribution in [0.1, 0.15) is 35.8 Å². The Morgan fingerprint density at radius 3 is 2.20 bits per heavy atom. The predicted octanol–water partition coefficient (Wildman–Crippen LogP) is 5.39. The lowest BCUT2D eigenvalue weighted by Crippen LogP contribution is -2.15. The SMILES string of the molecule is CC(C)c1c(C(=O)Nc2ccc(Nc3ccccc3)cc2)cnn1-c1ccccn1. The number of nitrogens with zero attached hydrogens (tertiary/aromatic N) is 3. The summed E-state index contributed by atoms with van der Waals surface area (Å²) in [5.74, 6) is 0.606. The van der Waals surface area contributed by atoms with Crippen LogP contribution in [0.4, 0.5) is 17.1 Å². The van der Waals surface area contributed by atoms with E-state index in [2.05, 4.69) is 20.7 Å². The van der Waals surface area contributed by atoms with E-state index < -0.39 is 0 Å². The van der Waals surface area contributed by atoms with Crippen LogP contribution in [0.25, 0.3) is 5.82 Å². The predicted molar refractivity (Wildman–Crippen MR) is 120 cm³/mol. The second-order valence-electron chi connectivity index (χ2n) is 7.22. The van der Waals surface area contributed by atoms with Gasteiger partial charge >= 0.3 is 0 Å². The molecule has 0 saturated carbocycles. The number of para-hydroxylation sites is 1. The molecule has 0 aliphatic carbocycles. The Kier molecular flexibility index (Phi) is 5.57. The molecule has 0 bridgehead atoms. The van der Waals surface area contributed by atoms with Gasteiger partial charge in [0.25, 0.3) is 5.91 Å². The zero-order valence-electron chi connectivity index (χ0n) is 16.9. The molecule has 2 aromatic carbocycles. The fourth-order valence-corrected chi connectivity index (χ4v) is 3.27. The summed E-state index contributed by atoms with van der Waals surface area (Å²) in [5, 5.41) is 10.7. The summed E-state index contributed by atoms with van der Waals surface area (Å²) in [7, 11) is 0. The van der Waals surface area contributed by atoms with Crippen LogP contribution in [-0.4, -0.2) is 20.7 Å². The van der Waals surface area contributed by atoms with Crippen molar-refractivity contribution in [2.24, 2.45) is 0 Å². The van der Waals surface area contributed by atoms with Gasteiger partial charge in [-0.25, -0.2) is 9.67 Å². The topological polar surface area (TPSA) is 71.8 Å². The first-order valence-corrected chi connectivity index (χ1v) is 9.84. The minimum Gasteiger partial charge on any atom is -0.356 e. The van der Waals surface area contributed by atoms with Gasteiger partial charge in [0.05, 0.1) is 17.5 Å². The number of carbonyl (C=O) groups excluding carboxylic acids is 1. The van der Waals surface area contributed by atoms with Crippen LogP contribution in [-0.2, 0) is 0 Å². The highest BCUT2D eigenvalue weighted by atomic mass is 16.1. The second-order valence-corrected chi connectivity index (χ2v) is 7.22. The molecular formula is C24H23N5O. The summed E-state index contributed by atoms with van der Waals surface area (Å²) in [6, 6.07) is 23.2. The highest BCUT2D eigenvalue weighted by Gasteiger charge is 2.21. The summed E-state index contributed by atoms with van der Waals surface area (Å²) < 4.78 is 1.73. The molecule has 6 nitrogen and oxygen atoms in total. The van der Waals surface area contributed by atoms with Gasteiger partial charge in [0.15, 0.2) is 5.82 Å². The van der Waals surface area contributed by atoms with E-state index in [0.29, 0.717) is 11.4 Å². The third-order valence-corrected chi connectivity index (χ3v) is 4.67. The number of hydrogen-bond acceptors (Lipinski definition) is 4. The fraction of sp³-hybridized carbons (Fsp3) is 0.125. The van der Waals surface area contributed by atoms with Gasteiger partial charge in [0, 0.05) is 23.3 Å². The minimum atomic E-state index is -0.190. The Balaban J connectivity index is 1.52. The molecule has 2 aromatic heterocycles. The summed E-state index contributed by atoms with van der Waals surface area (Å²) in [6.45, 7) is 4.08. The fourth-order valence-electron chi connectivity index (χ4n) is 3.27. The summed E-state index contributed by atoms with van der Waals surface area (Å²) in [5.41, 5.74) is 4.05. The smallest absolute Gasteiger partial charge is 0.259 e. The highest BCUT2D eigenvalue weighted by Crippen LogP contribution is 2.24. The highest BCUT2D eigenvalue weighted by molar-refractivity contribution is 6.05. The van der Waals surface area contributed by atoms with Gasteiger partial charge in [-0.15, -0.1) is 0 Å². The number of aromatic nitrogens is 3. The molecule has 4 rings (SSSR count). The molecule has 0 aliphatic heterocycles. The minimum absolute atomic E-state index is 0.104. The summed E-state index contributed by atoms with van der Waals surface area (Å²) in [6.07, 6.45) is 3.32. The van der Waals surface area contributed by atoms with Crippen LogP contribution in [0.5, 0.6) is 0 Å². The first-order valence-electron chi connectivity index (χ1n) is 9.84. The molecule has 0 atom stereocenters. The maximum atomic E-state index is 13.0. The van der Waals surface area contributed by atoms with Crippen LogP contribution in [0.15, 0.2) is 85.2 Å². The maximum Gasteiger partial charge on any atom is 0.259 e. The Morgan fingerprint density at radius 1 is 0.867 bits per heavy atom. The van der Waals surface area contributed by atoms with Crippen LogP contribution in [0.2, 0.25) is 0 Å². The number of anilines is 3. The van der Waals surface area contributed by atoms with Gasteiger partial charge in [-0.3, -0.25) is 4.79 Å². The first kappa shape index (κ1) is 19.4. The van der Waals surface area contributed by atoms with Crippen molar-refractivity contribution in [1.82, 2.24) is 14.8 Å². The van der Waals surface area contributed by atoms with Crippen LogP contribution < -0.4 is 10.6 Å². The average molecular weight is 397 g/mol. The lowest BCUT2D eigenvalue weighted by atomic mass is 10.1. The number of benzene rings is 2. The molecule has 0 saturated heterocycles. The summed E-state index contributed by atoms with van der Waals surface area (Å²) in [4.78, 5) is 17.3. The van der Waals surface area contributed by atoms with E-state index in [1.165, 1.54) is 0 Å². The number of rotatable bonds is 6. The molecule has 0 fully saturated rings. The maximum absolute atomic E-state index is 13.0. The van der Waals surface area contributed by atoms with E-state index in [0.717, 1.165) is 22.8 Å². The van der Waals surface area contributed by atoms with E-state index in [4.69, 9.17) is 0 Å². The van der Waals surface area contributed by atoms with Crippen molar-refractivity contribution < 1.29 is 4.79 Å². The Labute approximate surface area is 175 Å². The monoisotopic (exact) mass is 397 g/mol. The normalized spacial score (nSPS) is 10.8. The first-order chi connectivity index (χ1) is 14.6. The van der Waals surface area contributed by atoms with Crippen molar-refractivity contribution in [1.29, 1.82) is 0 Å². The number of hydrogen-bond donors (Lipinski definition) is 2. The average Bonchev–Trinajstić information content (AvgIpc) is 3.22. The molecule has 0 unspecified atom stereocenters. The lowest BCUT2D eigenvalue weighted by Gasteiger charge is -2.12. The van der Waals surface area contributed by atoms with Crippen LogP contribution in [0, 0.1) is 0 Å². The molecule has 0 radical (unpaired) electrons. The molecule has 30 heavy (non-hydrogen) atoms. The van der Waals surface area contributed by atoms with Crippen LogP contribution in [0.3, 0.4) is 0 Å². The Morgan fingerprint density at radius 2 is 1.53 bits per heavy atom. The van der Waals surface area contributed by atoms with E-state index in [1.54, 1.807) is 17.1 Å². The van der Waals surface area contributed by atoms with E-state index in [1.807, 2.05) is 86.6 Å². The lowest BCUT2D eigenvalue weighted by molar-refractivity contribution is 0.102. The number of amides is 1. The van der Waals surface area contributed by atoms with Crippen molar-refractivity contribution in [3.8, 4) is 5.82 Å². The zero-order chi connectivity index (χ0) is 20.9. The standard InChI is InChI=1S/C24H23N5O/c1-17(2)23-21(16-26-29(23)22-10-6-7-15-25-22)24(30)28-20-13-11-19(12-14-20)27-18-8-4-3-5-9-18/h3-17,27H,1-2H3,(H,28,30). The van der Waals surface area contributed by atoms with Gasteiger partial charge in [0.2, 0.25) is 0 Å². The van der Waals surface area contributed by atoms with Crippen LogP contribution >= 0.6 is 0 Å². The second kappa shape index (κ2) is 8.61. The van der Waals surface area contributed by atoms with Crippen molar-refractivity contribution >= 4 is 23.0 Å². The van der Waals surface area contributed by atoms with Gasteiger partial charge in [-0.1, -0.05) is 38.1 Å². The number of nitrogens with one attached hydrogen (secondary N) is 2. The molecule has 0 aliphatic rings. The third-order valence-electron chi connectivity index (χ3n) is 4.67. The zero-order valence-corrected chi connectivity index (χ0v) is 16.9. The van der Waals surface area contributed by atoms with Crippen molar-refractivity contribution in [3.63, 3.8) is 0 Å². The van der Waals surface area contributed by atoms with Gasteiger partial charge in [-0.2, -0.15) is 5.10 Å². The molecule has 2 N–H and O–H groups in total. The quantitative estimate of drug-likeness (QED) is 0.458. The van der Waals surface area contributed by atoms with Gasteiger partial charge in [0.1, 0.15) is 0 Å². The van der Waals surface area contributed by atoms with Crippen molar-refractivity contribution in [3.05, 3.63) is 96.4 Å². The third kappa shape index (κ3) is 4.22. The molecule has 4 aromatic rings. The van der Waals surface area contributed by atoms with Gasteiger partial charge < -0.3 is 10.6 Å². The molecule has 6 heteroatoms. The van der Waals surface area contributed by atoms with E-state index in [9.17, 15) is 4.79 Å². The molecule has 150 valence electrons. The molecular weight excluding hydrogens is 374 g/mol. The van der Waals surface area contributed by atoms with E-state index in [-0.39, 0.29) is 11.8 Å². The van der Waals surface area contributed by atoms with Crippen molar-refractivity contribution in [2.75, 3.05) is 10.6 Å². The Bertz CT molecular complexity index is 1120.